The van der Waals surface area contributed by atoms with Crippen molar-refractivity contribution in [2.45, 2.75) is 31.2 Å². The Bertz CT molecular complexity index is 385. The maximum atomic E-state index is 11.5. The summed E-state index contributed by atoms with van der Waals surface area (Å²) in [5.74, 6) is 0.109. The summed E-state index contributed by atoms with van der Waals surface area (Å²) in [6, 6.07) is 4.65. The van der Waals surface area contributed by atoms with Gasteiger partial charge in [0.1, 0.15) is 0 Å². The summed E-state index contributed by atoms with van der Waals surface area (Å²) in [4.78, 5) is 11.3. The van der Waals surface area contributed by atoms with Gasteiger partial charge < -0.3 is 9.94 Å². The highest BCUT2D eigenvalue weighted by Crippen LogP contribution is 2.05. The van der Waals surface area contributed by atoms with Gasteiger partial charge in [-0.3, -0.25) is 0 Å². The largest absolute Gasteiger partial charge is 0.710 e. The van der Waals surface area contributed by atoms with Crippen molar-refractivity contribution in [3.63, 3.8) is 0 Å². The molecule has 0 aliphatic heterocycles. The Balaban J connectivity index is 2.43. The van der Waals surface area contributed by atoms with E-state index in [1.165, 1.54) is 12.1 Å². The van der Waals surface area contributed by atoms with Crippen LogP contribution in [0.3, 0.4) is 0 Å². The minimum atomic E-state index is -0.621. The van der Waals surface area contributed by atoms with Gasteiger partial charge in [-0.1, -0.05) is 19.8 Å². The van der Waals surface area contributed by atoms with E-state index >= 15 is 0 Å². The van der Waals surface area contributed by atoms with Crippen molar-refractivity contribution in [2.75, 3.05) is 11.9 Å². The zero-order chi connectivity index (χ0) is 12.7. The highest BCUT2D eigenvalue weighted by Gasteiger charge is 2.13. The van der Waals surface area contributed by atoms with Gasteiger partial charge in [0.05, 0.1) is 6.61 Å². The van der Waals surface area contributed by atoms with Gasteiger partial charge in [-0.25, -0.2) is 4.73 Å². The fraction of sp³-hybridized carbons (Fsp3) is 0.455. The van der Waals surface area contributed by atoms with Gasteiger partial charge in [0.25, 0.3) is 5.82 Å². The highest BCUT2D eigenvalue weighted by molar-refractivity contribution is 7.80. The molecule has 0 fully saturated rings. The third-order valence-electron chi connectivity index (χ3n) is 2.14. The lowest BCUT2D eigenvalue weighted by Gasteiger charge is -2.09. The number of aromatic nitrogens is 1. The molecule has 6 heteroatoms. The molecule has 0 saturated carbocycles. The SMILES string of the molecule is CCCCCOC(=O)Nc1cccc(S)[n+]1[O-]. The molecule has 94 valence electrons. The van der Waals surface area contributed by atoms with Gasteiger partial charge in [-0.2, -0.15) is 10.1 Å². The number of pyridine rings is 1. The summed E-state index contributed by atoms with van der Waals surface area (Å²) in [5, 5.41) is 14.0. The highest BCUT2D eigenvalue weighted by atomic mass is 32.1. The van der Waals surface area contributed by atoms with Gasteiger partial charge in [-0.05, 0) is 18.6 Å². The van der Waals surface area contributed by atoms with Crippen molar-refractivity contribution in [3.05, 3.63) is 23.4 Å². The molecule has 0 radical (unpaired) electrons. The van der Waals surface area contributed by atoms with Crippen LogP contribution in [-0.4, -0.2) is 12.7 Å². The molecule has 0 aromatic carbocycles. The van der Waals surface area contributed by atoms with Gasteiger partial charge in [-0.15, -0.1) is 12.6 Å². The number of hydrogen-bond donors (Lipinski definition) is 2. The molecule has 0 aliphatic rings. The molecule has 17 heavy (non-hydrogen) atoms. The molecule has 1 aromatic rings. The van der Waals surface area contributed by atoms with Crippen molar-refractivity contribution < 1.29 is 14.3 Å². The zero-order valence-electron chi connectivity index (χ0n) is 9.68. The third kappa shape index (κ3) is 4.52. The Kier molecular flexibility index (Phi) is 5.62. The van der Waals surface area contributed by atoms with Gasteiger partial charge in [0.15, 0.2) is 5.03 Å². The second-order valence-electron chi connectivity index (χ2n) is 3.53. The molecule has 0 unspecified atom stereocenters. The molecular formula is C11H16N2O3S. The Morgan fingerprint density at radius 1 is 1.53 bits per heavy atom. The van der Waals surface area contributed by atoms with Crippen LogP contribution in [0.4, 0.5) is 10.6 Å². The minimum Gasteiger partial charge on any atom is -0.710 e. The van der Waals surface area contributed by atoms with E-state index < -0.39 is 6.09 Å². The van der Waals surface area contributed by atoms with Gasteiger partial charge in [0.2, 0.25) is 0 Å². The topological polar surface area (TPSA) is 65.3 Å². The molecule has 0 atom stereocenters. The number of unbranched alkanes of at least 4 members (excludes halogenated alkanes) is 2. The number of nitrogens with zero attached hydrogens (tertiary/aromatic N) is 1. The summed E-state index contributed by atoms with van der Waals surface area (Å²) in [7, 11) is 0. The standard InChI is InChI=1S/C11H16N2O3S/c1-2-3-4-8-16-11(14)12-9-6-5-7-10(17)13(9)15/h5-7,17H,2-4,8H2,1H3,(H,12,14). The quantitative estimate of drug-likeness (QED) is 0.368. The summed E-state index contributed by atoms with van der Waals surface area (Å²) >= 11 is 3.95. The average Bonchev–Trinajstić information content (AvgIpc) is 2.31. The maximum absolute atomic E-state index is 11.5. The summed E-state index contributed by atoms with van der Waals surface area (Å²) < 4.78 is 5.44. The summed E-state index contributed by atoms with van der Waals surface area (Å²) in [6.07, 6.45) is 2.28. The Morgan fingerprint density at radius 2 is 2.29 bits per heavy atom. The molecule has 0 spiro atoms. The molecular weight excluding hydrogens is 240 g/mol. The van der Waals surface area contributed by atoms with Crippen molar-refractivity contribution in [3.8, 4) is 0 Å². The van der Waals surface area contributed by atoms with E-state index in [-0.39, 0.29) is 10.8 Å². The smallest absolute Gasteiger partial charge is 0.504 e. The van der Waals surface area contributed by atoms with E-state index in [1.807, 2.05) is 0 Å². The fourth-order valence-corrected chi connectivity index (χ4v) is 1.43. The molecule has 1 heterocycles. The molecule has 0 saturated heterocycles. The maximum Gasteiger partial charge on any atom is 0.504 e. The monoisotopic (exact) mass is 256 g/mol. The Morgan fingerprint density at radius 3 is 3.00 bits per heavy atom. The van der Waals surface area contributed by atoms with E-state index in [9.17, 15) is 10.0 Å². The van der Waals surface area contributed by atoms with E-state index in [0.717, 1.165) is 19.3 Å². The van der Waals surface area contributed by atoms with Crippen molar-refractivity contribution >= 4 is 24.5 Å². The fourth-order valence-electron chi connectivity index (χ4n) is 1.23. The second-order valence-corrected chi connectivity index (χ2v) is 3.99. The van der Waals surface area contributed by atoms with E-state index in [2.05, 4.69) is 24.9 Å². The number of ether oxygens (including phenoxy) is 1. The van der Waals surface area contributed by atoms with Crippen LogP contribution in [0.1, 0.15) is 26.2 Å². The van der Waals surface area contributed by atoms with Crippen LogP contribution < -0.4 is 10.0 Å². The number of nitrogens with one attached hydrogen (secondary N) is 1. The molecule has 0 bridgehead atoms. The third-order valence-corrected chi connectivity index (χ3v) is 2.47. The predicted molar refractivity (Wildman–Crippen MR) is 67.1 cm³/mol. The van der Waals surface area contributed by atoms with E-state index in [4.69, 9.17) is 4.74 Å². The first kappa shape index (κ1) is 13.6. The van der Waals surface area contributed by atoms with Crippen molar-refractivity contribution in [1.82, 2.24) is 0 Å². The van der Waals surface area contributed by atoms with Crippen LogP contribution in [0.5, 0.6) is 0 Å². The molecule has 0 aliphatic carbocycles. The van der Waals surface area contributed by atoms with Gasteiger partial charge in [0, 0.05) is 6.07 Å². The number of carbonyl (C=O) groups excluding carboxylic acids is 1. The van der Waals surface area contributed by atoms with Crippen LogP contribution >= 0.6 is 12.6 Å². The van der Waals surface area contributed by atoms with Crippen LogP contribution in [0.25, 0.3) is 0 Å². The summed E-state index contributed by atoms with van der Waals surface area (Å²) in [6.45, 7) is 2.43. The number of anilines is 1. The van der Waals surface area contributed by atoms with Crippen LogP contribution in [0, 0.1) is 5.21 Å². The Labute approximate surface area is 106 Å². The number of thiol groups is 1. The van der Waals surface area contributed by atoms with Crippen molar-refractivity contribution in [1.29, 1.82) is 0 Å². The molecule has 1 aromatic heterocycles. The molecule has 5 nitrogen and oxygen atoms in total. The molecule has 1 N–H and O–H groups in total. The molecule has 1 amide bonds. The van der Waals surface area contributed by atoms with Gasteiger partial charge >= 0.3 is 6.09 Å². The first-order valence-electron chi connectivity index (χ1n) is 5.50. The van der Waals surface area contributed by atoms with E-state index in [1.54, 1.807) is 6.07 Å². The number of hydrogen-bond acceptors (Lipinski definition) is 4. The molecule has 1 rings (SSSR count). The number of amides is 1. The lowest BCUT2D eigenvalue weighted by molar-refractivity contribution is -0.630. The first-order chi connectivity index (χ1) is 8.15. The van der Waals surface area contributed by atoms with Crippen LogP contribution in [0.15, 0.2) is 23.2 Å². The lowest BCUT2D eigenvalue weighted by atomic mass is 10.3. The second kappa shape index (κ2) is 7.01. The Hall–Kier alpha value is -1.43. The van der Waals surface area contributed by atoms with Crippen molar-refractivity contribution in [2.24, 2.45) is 0 Å². The normalized spacial score (nSPS) is 10.0. The number of carbonyl (C=O) groups is 1. The minimum absolute atomic E-state index is 0.109. The lowest BCUT2D eigenvalue weighted by Crippen LogP contribution is -2.34. The van der Waals surface area contributed by atoms with Crippen LogP contribution in [0.2, 0.25) is 0 Å². The number of rotatable bonds is 5. The van der Waals surface area contributed by atoms with E-state index in [0.29, 0.717) is 11.3 Å². The first-order valence-corrected chi connectivity index (χ1v) is 5.95. The summed E-state index contributed by atoms with van der Waals surface area (Å²) in [5.41, 5.74) is 0. The zero-order valence-corrected chi connectivity index (χ0v) is 10.6. The predicted octanol–water partition coefficient (Wildman–Crippen LogP) is 2.35. The van der Waals surface area contributed by atoms with Crippen LogP contribution in [-0.2, 0) is 4.74 Å². The average molecular weight is 256 g/mol.